The Labute approximate surface area is 108 Å². The van der Waals surface area contributed by atoms with Crippen LogP contribution in [0.2, 0.25) is 0 Å². The van der Waals surface area contributed by atoms with Gasteiger partial charge in [-0.25, -0.2) is 0 Å². The van der Waals surface area contributed by atoms with Crippen LogP contribution in [0.4, 0.5) is 0 Å². The van der Waals surface area contributed by atoms with E-state index in [4.69, 9.17) is 9.05 Å². The van der Waals surface area contributed by atoms with Crippen molar-refractivity contribution >= 4 is 7.60 Å². The van der Waals surface area contributed by atoms with E-state index in [-0.39, 0.29) is 0 Å². The normalized spacial score (nSPS) is 11.2. The van der Waals surface area contributed by atoms with Gasteiger partial charge < -0.3 is 9.05 Å². The van der Waals surface area contributed by atoms with Crippen molar-refractivity contribution in [3.8, 4) is 11.8 Å². The van der Waals surface area contributed by atoms with Gasteiger partial charge in [0.15, 0.2) is 0 Å². The average molecular weight is 264 g/mol. The van der Waals surface area contributed by atoms with E-state index in [1.807, 2.05) is 30.3 Å². The Morgan fingerprint density at radius 2 is 1.78 bits per heavy atom. The minimum Gasteiger partial charge on any atom is -0.306 e. The molecule has 0 heterocycles. The predicted octanol–water partition coefficient (Wildman–Crippen LogP) is 3.82. The van der Waals surface area contributed by atoms with Gasteiger partial charge in [0.1, 0.15) is 0 Å². The summed E-state index contributed by atoms with van der Waals surface area (Å²) >= 11 is 0. The third kappa shape index (κ3) is 5.33. The Balaban J connectivity index is 2.68. The summed E-state index contributed by atoms with van der Waals surface area (Å²) in [6, 6.07) is 9.58. The maximum absolute atomic E-state index is 12.0. The largest absolute Gasteiger partial charge is 0.354 e. The summed E-state index contributed by atoms with van der Waals surface area (Å²) in [5, 5.41) is 0. The Bertz CT molecular complexity index is 473. The first-order valence-corrected chi connectivity index (χ1v) is 7.44. The third-order valence-electron chi connectivity index (χ3n) is 1.95. The fourth-order valence-electron chi connectivity index (χ4n) is 1.26. The zero-order valence-electron chi connectivity index (χ0n) is 10.6. The molecule has 0 aromatic heterocycles. The summed E-state index contributed by atoms with van der Waals surface area (Å²) in [6.07, 6.45) is 1.51. The lowest BCUT2D eigenvalue weighted by Crippen LogP contribution is -1.92. The molecule has 0 N–H and O–H groups in total. The average Bonchev–Trinajstić information content (AvgIpc) is 2.37. The summed E-state index contributed by atoms with van der Waals surface area (Å²) in [5.41, 5.74) is 0.907. The van der Waals surface area contributed by atoms with Crippen LogP contribution in [-0.4, -0.2) is 13.2 Å². The molecule has 0 unspecified atom stereocenters. The second-order valence-electron chi connectivity index (χ2n) is 3.33. The molecule has 0 aliphatic carbocycles. The van der Waals surface area contributed by atoms with Gasteiger partial charge in [-0.2, -0.15) is 0 Å². The molecule has 0 spiro atoms. The molecule has 0 aliphatic heterocycles. The quantitative estimate of drug-likeness (QED) is 0.599. The monoisotopic (exact) mass is 264 g/mol. The van der Waals surface area contributed by atoms with Crippen molar-refractivity contribution in [3.05, 3.63) is 47.8 Å². The molecule has 0 fully saturated rings. The first-order valence-electron chi connectivity index (χ1n) is 5.83. The van der Waals surface area contributed by atoms with Crippen LogP contribution in [0.3, 0.4) is 0 Å². The Kier molecular flexibility index (Phi) is 6.46. The van der Waals surface area contributed by atoms with Crippen LogP contribution in [0.5, 0.6) is 0 Å². The molecule has 3 nitrogen and oxygen atoms in total. The molecular formula is C14H17O3P. The van der Waals surface area contributed by atoms with E-state index in [0.717, 1.165) is 5.56 Å². The van der Waals surface area contributed by atoms with Gasteiger partial charge in [-0.3, -0.25) is 4.57 Å². The molecule has 96 valence electrons. The fraction of sp³-hybridized carbons (Fsp3) is 0.286. The summed E-state index contributed by atoms with van der Waals surface area (Å²) < 4.78 is 22.2. The lowest BCUT2D eigenvalue weighted by atomic mass is 10.2. The van der Waals surface area contributed by atoms with Crippen LogP contribution in [0, 0.1) is 11.8 Å². The first kappa shape index (κ1) is 14.7. The van der Waals surface area contributed by atoms with Gasteiger partial charge in [0.25, 0.3) is 0 Å². The molecule has 1 aromatic carbocycles. The van der Waals surface area contributed by atoms with Crippen molar-refractivity contribution in [2.45, 2.75) is 13.8 Å². The number of allylic oxidation sites excluding steroid dienone is 1. The van der Waals surface area contributed by atoms with E-state index < -0.39 is 7.60 Å². The van der Waals surface area contributed by atoms with Gasteiger partial charge in [-0.15, -0.1) is 0 Å². The van der Waals surface area contributed by atoms with Crippen molar-refractivity contribution in [1.82, 2.24) is 0 Å². The second kappa shape index (κ2) is 7.89. The van der Waals surface area contributed by atoms with Crippen LogP contribution in [0.1, 0.15) is 19.4 Å². The van der Waals surface area contributed by atoms with Gasteiger partial charge in [0.2, 0.25) is 0 Å². The summed E-state index contributed by atoms with van der Waals surface area (Å²) in [7, 11) is -3.12. The van der Waals surface area contributed by atoms with E-state index in [1.54, 1.807) is 13.8 Å². The van der Waals surface area contributed by atoms with Crippen LogP contribution in [0.15, 0.2) is 42.2 Å². The first-order chi connectivity index (χ1) is 8.70. The number of benzene rings is 1. The SMILES string of the molecule is CCOP(=O)(/C=C/C#Cc1ccccc1)OCC. The topological polar surface area (TPSA) is 35.5 Å². The van der Waals surface area contributed by atoms with Gasteiger partial charge >= 0.3 is 7.60 Å². The highest BCUT2D eigenvalue weighted by Crippen LogP contribution is 2.49. The van der Waals surface area contributed by atoms with E-state index >= 15 is 0 Å². The minimum atomic E-state index is -3.12. The Hall–Kier alpha value is -1.33. The Morgan fingerprint density at radius 3 is 2.33 bits per heavy atom. The molecule has 0 amide bonds. The highest BCUT2D eigenvalue weighted by Gasteiger charge is 2.18. The molecule has 0 saturated heterocycles. The number of hydrogen-bond acceptors (Lipinski definition) is 3. The predicted molar refractivity (Wildman–Crippen MR) is 73.3 cm³/mol. The Morgan fingerprint density at radius 1 is 1.17 bits per heavy atom. The van der Waals surface area contributed by atoms with Gasteiger partial charge in [0, 0.05) is 11.4 Å². The third-order valence-corrected chi connectivity index (χ3v) is 3.70. The van der Waals surface area contributed by atoms with E-state index in [9.17, 15) is 4.57 Å². The molecule has 18 heavy (non-hydrogen) atoms. The molecule has 0 atom stereocenters. The van der Waals surface area contributed by atoms with E-state index in [2.05, 4.69) is 11.8 Å². The van der Waals surface area contributed by atoms with Crippen molar-refractivity contribution in [3.63, 3.8) is 0 Å². The highest BCUT2D eigenvalue weighted by molar-refractivity contribution is 7.57. The number of hydrogen-bond donors (Lipinski definition) is 0. The standard InChI is InChI=1S/C14H17O3P/c1-3-16-18(15,17-4-2)13-9-8-12-14-10-6-5-7-11-14/h5-7,9-11,13H,3-4H2,1-2H3/b13-9+. The molecule has 0 saturated carbocycles. The molecule has 0 aliphatic rings. The lowest BCUT2D eigenvalue weighted by molar-refractivity contribution is 0.229. The highest BCUT2D eigenvalue weighted by atomic mass is 31.2. The van der Waals surface area contributed by atoms with Crippen LogP contribution >= 0.6 is 7.60 Å². The maximum atomic E-state index is 12.0. The molecule has 0 radical (unpaired) electrons. The van der Waals surface area contributed by atoms with Gasteiger partial charge in [-0.1, -0.05) is 30.0 Å². The fourth-order valence-corrected chi connectivity index (χ4v) is 2.48. The molecule has 0 bridgehead atoms. The van der Waals surface area contributed by atoms with E-state index in [1.165, 1.54) is 11.9 Å². The van der Waals surface area contributed by atoms with Crippen LogP contribution in [-0.2, 0) is 13.6 Å². The smallest absolute Gasteiger partial charge is 0.306 e. The molecule has 1 aromatic rings. The number of rotatable bonds is 5. The van der Waals surface area contributed by atoms with E-state index in [0.29, 0.717) is 13.2 Å². The van der Waals surface area contributed by atoms with Crippen LogP contribution < -0.4 is 0 Å². The summed E-state index contributed by atoms with van der Waals surface area (Å²) in [5.74, 6) is 7.14. The van der Waals surface area contributed by atoms with Crippen LogP contribution in [0.25, 0.3) is 0 Å². The molecule has 4 heteroatoms. The van der Waals surface area contributed by atoms with Gasteiger partial charge in [-0.05, 0) is 32.1 Å². The van der Waals surface area contributed by atoms with Crippen molar-refractivity contribution in [2.75, 3.05) is 13.2 Å². The van der Waals surface area contributed by atoms with Crippen molar-refractivity contribution in [1.29, 1.82) is 0 Å². The maximum Gasteiger partial charge on any atom is 0.354 e. The minimum absolute atomic E-state index is 0.341. The zero-order chi connectivity index (χ0) is 13.3. The van der Waals surface area contributed by atoms with Crippen molar-refractivity contribution < 1.29 is 13.6 Å². The summed E-state index contributed by atoms with van der Waals surface area (Å²) in [4.78, 5) is 0. The van der Waals surface area contributed by atoms with Crippen molar-refractivity contribution in [2.24, 2.45) is 0 Å². The zero-order valence-corrected chi connectivity index (χ0v) is 11.5. The molecular weight excluding hydrogens is 247 g/mol. The lowest BCUT2D eigenvalue weighted by Gasteiger charge is -2.11. The summed E-state index contributed by atoms with van der Waals surface area (Å²) in [6.45, 7) is 4.23. The van der Waals surface area contributed by atoms with Gasteiger partial charge in [0.05, 0.1) is 13.2 Å². The second-order valence-corrected chi connectivity index (χ2v) is 5.22. The molecule has 1 rings (SSSR count).